The summed E-state index contributed by atoms with van der Waals surface area (Å²) in [6, 6.07) is 0. The molecule has 2 spiro atoms. The molecule has 6 heteroatoms. The number of hydrogen-bond acceptors (Lipinski definition) is 3. The van der Waals surface area contributed by atoms with Gasteiger partial charge in [0.05, 0.1) is 0 Å². The Labute approximate surface area is 142 Å². The first-order valence-corrected chi connectivity index (χ1v) is 9.22. The van der Waals surface area contributed by atoms with Crippen molar-refractivity contribution in [2.45, 2.75) is 51.4 Å². The molecule has 2 heterocycles. The zero-order valence-corrected chi connectivity index (χ0v) is 14.1. The fourth-order valence-corrected chi connectivity index (χ4v) is 5.12. The molecule has 132 valence electrons. The highest BCUT2D eigenvalue weighted by atomic mass is 16.4. The summed E-state index contributed by atoms with van der Waals surface area (Å²) in [6.07, 6.45) is 7.88. The van der Waals surface area contributed by atoms with E-state index in [1.165, 1.54) is 24.2 Å². The van der Waals surface area contributed by atoms with Crippen molar-refractivity contribution in [1.29, 1.82) is 0 Å². The van der Waals surface area contributed by atoms with Gasteiger partial charge in [-0.2, -0.15) is 0 Å². The number of likely N-dealkylation sites (tertiary alicyclic amines) is 2. The fourth-order valence-electron chi connectivity index (χ4n) is 5.12. The number of carbonyl (C=O) groups is 3. The standard InChI is InChI=1S/C18H26N2O4/c21-14-2-5-17(12-20(14)11-15(22)23)6-8-19(9-7-17)16(24)13-10-18(13)3-1-4-18/h13H,1-12H2,(H,22,23). The van der Waals surface area contributed by atoms with E-state index in [1.54, 1.807) is 0 Å². The lowest BCUT2D eigenvalue weighted by molar-refractivity contribution is -0.150. The molecule has 1 atom stereocenters. The van der Waals surface area contributed by atoms with E-state index in [-0.39, 0.29) is 23.8 Å². The van der Waals surface area contributed by atoms with Gasteiger partial charge in [0.15, 0.2) is 0 Å². The van der Waals surface area contributed by atoms with E-state index in [9.17, 15) is 14.4 Å². The summed E-state index contributed by atoms with van der Waals surface area (Å²) < 4.78 is 0. The van der Waals surface area contributed by atoms with Crippen LogP contribution in [0, 0.1) is 16.7 Å². The van der Waals surface area contributed by atoms with Crippen molar-refractivity contribution >= 4 is 17.8 Å². The van der Waals surface area contributed by atoms with Crippen LogP contribution in [-0.4, -0.2) is 58.9 Å². The average Bonchev–Trinajstić information content (AvgIpc) is 3.27. The van der Waals surface area contributed by atoms with Gasteiger partial charge >= 0.3 is 5.97 Å². The zero-order chi connectivity index (χ0) is 16.9. The highest BCUT2D eigenvalue weighted by Gasteiger charge is 2.61. The first-order valence-electron chi connectivity index (χ1n) is 9.22. The molecule has 2 saturated carbocycles. The third-order valence-corrected chi connectivity index (χ3v) is 7.05. The highest BCUT2D eigenvalue weighted by Crippen LogP contribution is 2.66. The van der Waals surface area contributed by atoms with Gasteiger partial charge in [-0.05, 0) is 49.4 Å². The molecule has 4 rings (SSSR count). The van der Waals surface area contributed by atoms with Crippen LogP contribution in [0.15, 0.2) is 0 Å². The Morgan fingerprint density at radius 2 is 1.83 bits per heavy atom. The van der Waals surface area contributed by atoms with Crippen LogP contribution in [0.1, 0.15) is 51.4 Å². The van der Waals surface area contributed by atoms with Crippen molar-refractivity contribution in [3.8, 4) is 0 Å². The molecule has 0 aromatic heterocycles. The van der Waals surface area contributed by atoms with Gasteiger partial charge in [0, 0.05) is 32.0 Å². The Balaban J connectivity index is 1.34. The van der Waals surface area contributed by atoms with E-state index in [1.807, 2.05) is 4.90 Å². The lowest BCUT2D eigenvalue weighted by Gasteiger charge is -2.47. The molecule has 4 aliphatic rings. The van der Waals surface area contributed by atoms with Crippen LogP contribution in [0.4, 0.5) is 0 Å². The predicted octanol–water partition coefficient (Wildman–Crippen LogP) is 1.49. The van der Waals surface area contributed by atoms with E-state index in [4.69, 9.17) is 5.11 Å². The van der Waals surface area contributed by atoms with Gasteiger partial charge in [0.2, 0.25) is 11.8 Å². The number of amides is 2. The van der Waals surface area contributed by atoms with Crippen molar-refractivity contribution in [3.63, 3.8) is 0 Å². The van der Waals surface area contributed by atoms with Crippen molar-refractivity contribution in [2.24, 2.45) is 16.7 Å². The Morgan fingerprint density at radius 1 is 1.12 bits per heavy atom. The maximum Gasteiger partial charge on any atom is 0.323 e. The molecular weight excluding hydrogens is 308 g/mol. The summed E-state index contributed by atoms with van der Waals surface area (Å²) in [5.74, 6) is -0.380. The van der Waals surface area contributed by atoms with Crippen molar-refractivity contribution < 1.29 is 19.5 Å². The maximum atomic E-state index is 12.7. The van der Waals surface area contributed by atoms with Gasteiger partial charge in [-0.1, -0.05) is 6.42 Å². The third kappa shape index (κ3) is 2.60. The number of nitrogens with zero attached hydrogens (tertiary/aromatic N) is 2. The molecule has 0 aromatic rings. The quantitative estimate of drug-likeness (QED) is 0.848. The topological polar surface area (TPSA) is 77.9 Å². The summed E-state index contributed by atoms with van der Waals surface area (Å²) >= 11 is 0. The number of hydrogen-bond donors (Lipinski definition) is 1. The minimum absolute atomic E-state index is 0.0118. The van der Waals surface area contributed by atoms with Crippen LogP contribution in [0.3, 0.4) is 0 Å². The molecule has 1 N–H and O–H groups in total. The fraction of sp³-hybridized carbons (Fsp3) is 0.833. The Bertz CT molecular complexity index is 576. The van der Waals surface area contributed by atoms with Crippen LogP contribution in [0.25, 0.3) is 0 Å². The van der Waals surface area contributed by atoms with Crippen LogP contribution in [-0.2, 0) is 14.4 Å². The van der Waals surface area contributed by atoms with E-state index in [0.29, 0.717) is 24.3 Å². The van der Waals surface area contributed by atoms with Crippen LogP contribution in [0.2, 0.25) is 0 Å². The summed E-state index contributed by atoms with van der Waals surface area (Å²) in [6.45, 7) is 1.86. The zero-order valence-electron chi connectivity index (χ0n) is 14.1. The van der Waals surface area contributed by atoms with Crippen LogP contribution < -0.4 is 0 Å². The van der Waals surface area contributed by atoms with Crippen molar-refractivity contribution in [1.82, 2.24) is 9.80 Å². The number of aliphatic carboxylic acids is 1. The summed E-state index contributed by atoms with van der Waals surface area (Å²) in [5, 5.41) is 8.98. The minimum atomic E-state index is -0.951. The lowest BCUT2D eigenvalue weighted by Crippen LogP contribution is -2.53. The summed E-state index contributed by atoms with van der Waals surface area (Å²) in [4.78, 5) is 39.1. The third-order valence-electron chi connectivity index (χ3n) is 7.05. The molecule has 4 fully saturated rings. The number of carboxylic acid groups (broad SMARTS) is 1. The molecule has 2 amide bonds. The average molecular weight is 334 g/mol. The molecule has 24 heavy (non-hydrogen) atoms. The van der Waals surface area contributed by atoms with Gasteiger partial charge in [0.25, 0.3) is 0 Å². The first kappa shape index (κ1) is 15.9. The molecule has 0 aromatic carbocycles. The van der Waals surface area contributed by atoms with Gasteiger partial charge in [0.1, 0.15) is 6.54 Å². The molecule has 1 unspecified atom stereocenters. The van der Waals surface area contributed by atoms with E-state index >= 15 is 0 Å². The number of carboxylic acids is 1. The second-order valence-electron chi connectivity index (χ2n) is 8.44. The number of carbonyl (C=O) groups excluding carboxylic acids is 2. The molecule has 0 radical (unpaired) electrons. The lowest BCUT2D eigenvalue weighted by atomic mass is 9.72. The molecule has 2 aliphatic carbocycles. The van der Waals surface area contributed by atoms with Crippen LogP contribution >= 0.6 is 0 Å². The van der Waals surface area contributed by atoms with Crippen molar-refractivity contribution in [3.05, 3.63) is 0 Å². The van der Waals surface area contributed by atoms with Crippen LogP contribution in [0.5, 0.6) is 0 Å². The number of rotatable bonds is 3. The van der Waals surface area contributed by atoms with Gasteiger partial charge in [-0.3, -0.25) is 14.4 Å². The molecule has 6 nitrogen and oxygen atoms in total. The normalized spacial score (nSPS) is 30.3. The Kier molecular flexibility index (Phi) is 3.62. The van der Waals surface area contributed by atoms with Gasteiger partial charge < -0.3 is 14.9 Å². The first-order chi connectivity index (χ1) is 11.4. The van der Waals surface area contributed by atoms with E-state index < -0.39 is 5.97 Å². The molecule has 2 aliphatic heterocycles. The molecule has 0 bridgehead atoms. The maximum absolute atomic E-state index is 12.7. The SMILES string of the molecule is O=C(O)CN1CC2(CCC1=O)CCN(C(=O)C1CC13CCC3)CC2. The predicted molar refractivity (Wildman–Crippen MR) is 86.1 cm³/mol. The van der Waals surface area contributed by atoms with E-state index in [0.717, 1.165) is 38.8 Å². The smallest absolute Gasteiger partial charge is 0.323 e. The van der Waals surface area contributed by atoms with E-state index in [2.05, 4.69) is 0 Å². The Morgan fingerprint density at radius 3 is 2.38 bits per heavy atom. The monoisotopic (exact) mass is 334 g/mol. The van der Waals surface area contributed by atoms with Gasteiger partial charge in [-0.25, -0.2) is 0 Å². The second-order valence-corrected chi connectivity index (χ2v) is 8.44. The number of piperidine rings is 2. The highest BCUT2D eigenvalue weighted by molar-refractivity contribution is 5.83. The molecule has 2 saturated heterocycles. The molecular formula is C18H26N2O4. The Hall–Kier alpha value is -1.59. The second kappa shape index (κ2) is 5.46. The summed E-state index contributed by atoms with van der Waals surface area (Å²) in [5.41, 5.74) is 0.389. The van der Waals surface area contributed by atoms with Gasteiger partial charge in [-0.15, -0.1) is 0 Å². The summed E-state index contributed by atoms with van der Waals surface area (Å²) in [7, 11) is 0. The largest absolute Gasteiger partial charge is 0.480 e. The minimum Gasteiger partial charge on any atom is -0.480 e. The van der Waals surface area contributed by atoms with Crippen molar-refractivity contribution in [2.75, 3.05) is 26.2 Å².